The van der Waals surface area contributed by atoms with Gasteiger partial charge in [-0.25, -0.2) is 13.6 Å². The second-order valence-corrected chi connectivity index (χ2v) is 6.05. The highest BCUT2D eigenvalue weighted by molar-refractivity contribution is 7.89. The van der Waals surface area contributed by atoms with Gasteiger partial charge in [-0.1, -0.05) is 23.2 Å². The van der Waals surface area contributed by atoms with Gasteiger partial charge in [-0.15, -0.1) is 0 Å². The standard InChI is InChI=1S/C10H12Cl2N2O4S/c1-5(18-2)10(15)14-9-7(11)3-6(4-8(9)12)19(13,16)17/h3-5H,1-2H3,(H,14,15)(H2,13,16,17). The van der Waals surface area contributed by atoms with Gasteiger partial charge in [-0.2, -0.15) is 0 Å². The van der Waals surface area contributed by atoms with Gasteiger partial charge in [-0.05, 0) is 19.1 Å². The van der Waals surface area contributed by atoms with Crippen LogP contribution in [-0.4, -0.2) is 27.5 Å². The summed E-state index contributed by atoms with van der Waals surface area (Å²) >= 11 is 11.7. The van der Waals surface area contributed by atoms with Crippen molar-refractivity contribution >= 4 is 44.8 Å². The van der Waals surface area contributed by atoms with Crippen molar-refractivity contribution in [1.82, 2.24) is 0 Å². The fraction of sp³-hybridized carbons (Fsp3) is 0.300. The molecular formula is C10H12Cl2N2O4S. The molecule has 6 nitrogen and oxygen atoms in total. The Morgan fingerprint density at radius 3 is 2.21 bits per heavy atom. The van der Waals surface area contributed by atoms with Crippen LogP contribution >= 0.6 is 23.2 Å². The lowest BCUT2D eigenvalue weighted by atomic mass is 10.3. The van der Waals surface area contributed by atoms with Gasteiger partial charge in [0.15, 0.2) is 0 Å². The molecule has 9 heteroatoms. The predicted molar refractivity (Wildman–Crippen MR) is 72.9 cm³/mol. The Labute approximate surface area is 120 Å². The Morgan fingerprint density at radius 2 is 1.84 bits per heavy atom. The molecule has 1 amide bonds. The van der Waals surface area contributed by atoms with Crippen molar-refractivity contribution in [3.8, 4) is 0 Å². The molecule has 106 valence electrons. The van der Waals surface area contributed by atoms with E-state index in [1.54, 1.807) is 0 Å². The minimum absolute atomic E-state index is 0.0341. The van der Waals surface area contributed by atoms with Gasteiger partial charge in [-0.3, -0.25) is 4.79 Å². The summed E-state index contributed by atoms with van der Waals surface area (Å²) in [6.45, 7) is 1.54. The van der Waals surface area contributed by atoms with E-state index in [1.807, 2.05) is 0 Å². The summed E-state index contributed by atoms with van der Waals surface area (Å²) in [5, 5.41) is 7.34. The first-order valence-electron chi connectivity index (χ1n) is 5.02. The monoisotopic (exact) mass is 326 g/mol. The zero-order valence-corrected chi connectivity index (χ0v) is 12.4. The van der Waals surface area contributed by atoms with Crippen LogP contribution in [-0.2, 0) is 19.6 Å². The second-order valence-electron chi connectivity index (χ2n) is 3.67. The summed E-state index contributed by atoms with van der Waals surface area (Å²) in [4.78, 5) is 11.4. The van der Waals surface area contributed by atoms with Gasteiger partial charge in [0, 0.05) is 7.11 Å². The highest BCUT2D eigenvalue weighted by atomic mass is 35.5. The van der Waals surface area contributed by atoms with Crippen molar-refractivity contribution in [2.45, 2.75) is 17.9 Å². The highest BCUT2D eigenvalue weighted by Crippen LogP contribution is 2.33. The van der Waals surface area contributed by atoms with E-state index >= 15 is 0 Å². The number of benzene rings is 1. The first-order chi connectivity index (χ1) is 8.66. The average molecular weight is 327 g/mol. The number of methoxy groups -OCH3 is 1. The highest BCUT2D eigenvalue weighted by Gasteiger charge is 2.18. The molecule has 1 unspecified atom stereocenters. The van der Waals surface area contributed by atoms with Gasteiger partial charge < -0.3 is 10.1 Å². The molecule has 1 atom stereocenters. The number of hydrogen-bond donors (Lipinski definition) is 2. The number of halogens is 2. The summed E-state index contributed by atoms with van der Waals surface area (Å²) in [5.41, 5.74) is 0.102. The number of anilines is 1. The van der Waals surface area contributed by atoms with Crippen LogP contribution in [0.15, 0.2) is 17.0 Å². The molecule has 0 fully saturated rings. The third-order valence-corrected chi connectivity index (χ3v) is 3.80. The zero-order chi connectivity index (χ0) is 14.8. The molecule has 3 N–H and O–H groups in total. The number of nitrogens with two attached hydrogens (primary N) is 1. The minimum Gasteiger partial charge on any atom is -0.372 e. The molecule has 1 aromatic carbocycles. The van der Waals surface area contributed by atoms with Crippen LogP contribution in [0.2, 0.25) is 10.0 Å². The van der Waals surface area contributed by atoms with Crippen molar-refractivity contribution in [3.63, 3.8) is 0 Å². The Bertz CT molecular complexity index is 581. The number of nitrogens with one attached hydrogen (secondary N) is 1. The molecule has 1 rings (SSSR count). The van der Waals surface area contributed by atoms with E-state index in [1.165, 1.54) is 14.0 Å². The molecule has 0 aliphatic rings. The van der Waals surface area contributed by atoms with E-state index < -0.39 is 22.0 Å². The van der Waals surface area contributed by atoms with Crippen molar-refractivity contribution in [2.75, 3.05) is 12.4 Å². The van der Waals surface area contributed by atoms with E-state index in [4.69, 9.17) is 33.1 Å². The topological polar surface area (TPSA) is 98.5 Å². The lowest BCUT2D eigenvalue weighted by Crippen LogP contribution is -2.26. The molecule has 0 aliphatic heterocycles. The first-order valence-corrected chi connectivity index (χ1v) is 7.32. The number of primary sulfonamides is 1. The zero-order valence-electron chi connectivity index (χ0n) is 10.1. The van der Waals surface area contributed by atoms with Crippen molar-refractivity contribution < 1.29 is 17.9 Å². The van der Waals surface area contributed by atoms with Gasteiger partial charge in [0.1, 0.15) is 6.10 Å². The second kappa shape index (κ2) is 6.06. The van der Waals surface area contributed by atoms with Crippen LogP contribution in [0.5, 0.6) is 0 Å². The largest absolute Gasteiger partial charge is 0.372 e. The maximum Gasteiger partial charge on any atom is 0.253 e. The Hall–Kier alpha value is -0.860. The van der Waals surface area contributed by atoms with Gasteiger partial charge in [0.25, 0.3) is 5.91 Å². The van der Waals surface area contributed by atoms with Crippen LogP contribution < -0.4 is 10.5 Å². The fourth-order valence-corrected chi connectivity index (χ4v) is 2.44. The van der Waals surface area contributed by atoms with E-state index in [2.05, 4.69) is 5.32 Å². The molecule has 0 heterocycles. The summed E-state index contributed by atoms with van der Waals surface area (Å²) in [6.07, 6.45) is -0.704. The van der Waals surface area contributed by atoms with Crippen molar-refractivity contribution in [1.29, 1.82) is 0 Å². The Morgan fingerprint density at radius 1 is 1.37 bits per heavy atom. The first kappa shape index (κ1) is 16.2. The van der Waals surface area contributed by atoms with Crippen LogP contribution in [0.3, 0.4) is 0 Å². The average Bonchev–Trinajstić information content (AvgIpc) is 2.30. The molecule has 0 spiro atoms. The number of rotatable bonds is 4. The number of ether oxygens (including phenoxy) is 1. The molecule has 0 saturated heterocycles. The summed E-state index contributed by atoms with van der Waals surface area (Å²) in [5.74, 6) is -0.463. The summed E-state index contributed by atoms with van der Waals surface area (Å²) in [6, 6.07) is 2.21. The summed E-state index contributed by atoms with van der Waals surface area (Å²) < 4.78 is 27.2. The number of sulfonamides is 1. The number of hydrogen-bond acceptors (Lipinski definition) is 4. The number of carbonyl (C=O) groups is 1. The SMILES string of the molecule is COC(C)C(=O)Nc1c(Cl)cc(S(N)(=O)=O)cc1Cl. The molecule has 19 heavy (non-hydrogen) atoms. The fourth-order valence-electron chi connectivity index (χ4n) is 1.17. The van der Waals surface area contributed by atoms with E-state index in [0.29, 0.717) is 0 Å². The maximum atomic E-state index is 11.6. The molecule has 0 radical (unpaired) electrons. The molecule has 0 aromatic heterocycles. The number of amides is 1. The molecule has 0 aliphatic carbocycles. The smallest absolute Gasteiger partial charge is 0.253 e. The van der Waals surface area contributed by atoms with Gasteiger partial charge in [0.05, 0.1) is 20.6 Å². The van der Waals surface area contributed by atoms with E-state index in [9.17, 15) is 13.2 Å². The molecule has 1 aromatic rings. The van der Waals surface area contributed by atoms with Crippen LogP contribution in [0.25, 0.3) is 0 Å². The van der Waals surface area contributed by atoms with E-state index in [-0.39, 0.29) is 20.6 Å². The Kier molecular flexibility index (Phi) is 5.17. The molecule has 0 bridgehead atoms. The van der Waals surface area contributed by atoms with Crippen LogP contribution in [0.1, 0.15) is 6.92 Å². The summed E-state index contributed by atoms with van der Waals surface area (Å²) in [7, 11) is -2.55. The maximum absolute atomic E-state index is 11.6. The van der Waals surface area contributed by atoms with Crippen LogP contribution in [0.4, 0.5) is 5.69 Å². The lowest BCUT2D eigenvalue weighted by molar-refractivity contribution is -0.124. The lowest BCUT2D eigenvalue weighted by Gasteiger charge is -2.13. The van der Waals surface area contributed by atoms with Crippen LogP contribution in [0, 0.1) is 0 Å². The quantitative estimate of drug-likeness (QED) is 0.878. The molecular weight excluding hydrogens is 315 g/mol. The predicted octanol–water partition coefficient (Wildman–Crippen LogP) is 1.61. The molecule has 0 saturated carbocycles. The normalized spacial score (nSPS) is 13.1. The van der Waals surface area contributed by atoms with Gasteiger partial charge >= 0.3 is 0 Å². The van der Waals surface area contributed by atoms with Gasteiger partial charge in [0.2, 0.25) is 10.0 Å². The third-order valence-electron chi connectivity index (χ3n) is 2.32. The number of carbonyl (C=O) groups excluding carboxylic acids is 1. The Balaban J connectivity index is 3.15. The van der Waals surface area contributed by atoms with Crippen molar-refractivity contribution in [3.05, 3.63) is 22.2 Å². The van der Waals surface area contributed by atoms with Crippen molar-refractivity contribution in [2.24, 2.45) is 5.14 Å². The third kappa shape index (κ3) is 4.05. The minimum atomic E-state index is -3.92. The van der Waals surface area contributed by atoms with E-state index in [0.717, 1.165) is 12.1 Å².